The van der Waals surface area contributed by atoms with Crippen LogP contribution in [0.3, 0.4) is 0 Å². The molecule has 7 heteroatoms. The van der Waals surface area contributed by atoms with E-state index in [9.17, 15) is 14.7 Å². The molecule has 0 spiro atoms. The van der Waals surface area contributed by atoms with Crippen molar-refractivity contribution < 1.29 is 14.7 Å². The number of benzene rings is 1. The number of hydrogen-bond acceptors (Lipinski definition) is 3. The highest BCUT2D eigenvalue weighted by atomic mass is 16.4. The number of aryl methyl sites for hydroxylation is 1. The van der Waals surface area contributed by atoms with Crippen molar-refractivity contribution in [1.29, 1.82) is 0 Å². The number of fused-ring (bicyclic) bond motifs is 2. The van der Waals surface area contributed by atoms with Crippen LogP contribution in [0.4, 0.5) is 0 Å². The van der Waals surface area contributed by atoms with Crippen LogP contribution in [-0.4, -0.2) is 37.6 Å². The summed E-state index contributed by atoms with van der Waals surface area (Å²) in [5.41, 5.74) is 2.24. The SMILES string of the molecule is CC1CCCc2ncc(C(=O)NC(Cc3c[nH]c4ccccc34)C(=O)O)n21. The normalized spacial score (nSPS) is 17.4. The number of nitrogens with zero attached hydrogens (tertiary/aromatic N) is 2. The number of aromatic nitrogens is 3. The fraction of sp³-hybridized carbons (Fsp3) is 0.350. The van der Waals surface area contributed by atoms with Crippen LogP contribution in [0, 0.1) is 0 Å². The van der Waals surface area contributed by atoms with Gasteiger partial charge < -0.3 is 20.0 Å². The van der Waals surface area contributed by atoms with E-state index in [1.165, 1.54) is 0 Å². The molecule has 0 saturated carbocycles. The Morgan fingerprint density at radius 3 is 3.04 bits per heavy atom. The molecule has 1 amide bonds. The van der Waals surface area contributed by atoms with Crippen molar-refractivity contribution in [1.82, 2.24) is 19.9 Å². The van der Waals surface area contributed by atoms with Crippen molar-refractivity contribution in [2.45, 2.75) is 44.7 Å². The number of H-pyrrole nitrogens is 1. The van der Waals surface area contributed by atoms with Gasteiger partial charge in [0.05, 0.1) is 6.20 Å². The summed E-state index contributed by atoms with van der Waals surface area (Å²) in [4.78, 5) is 32.0. The molecule has 4 rings (SSSR count). The fourth-order valence-electron chi connectivity index (χ4n) is 3.88. The van der Waals surface area contributed by atoms with Gasteiger partial charge in [-0.15, -0.1) is 0 Å². The highest BCUT2D eigenvalue weighted by Gasteiger charge is 2.27. The van der Waals surface area contributed by atoms with Gasteiger partial charge in [0.1, 0.15) is 17.6 Å². The third-order valence-electron chi connectivity index (χ3n) is 5.27. The number of hydrogen-bond donors (Lipinski definition) is 3. The highest BCUT2D eigenvalue weighted by molar-refractivity contribution is 5.95. The molecular formula is C20H22N4O3. The maximum Gasteiger partial charge on any atom is 0.326 e. The molecule has 0 radical (unpaired) electrons. The van der Waals surface area contributed by atoms with Crippen LogP contribution < -0.4 is 5.32 Å². The summed E-state index contributed by atoms with van der Waals surface area (Å²) in [5.74, 6) is -0.558. The molecule has 2 unspecified atom stereocenters. The van der Waals surface area contributed by atoms with E-state index in [4.69, 9.17) is 0 Å². The van der Waals surface area contributed by atoms with Gasteiger partial charge in [-0.25, -0.2) is 9.78 Å². The number of carbonyl (C=O) groups excluding carboxylic acids is 1. The van der Waals surface area contributed by atoms with Crippen LogP contribution >= 0.6 is 0 Å². The van der Waals surface area contributed by atoms with Gasteiger partial charge in [0.25, 0.3) is 5.91 Å². The number of carbonyl (C=O) groups is 2. The molecule has 3 aromatic rings. The average Bonchev–Trinajstić information content (AvgIpc) is 3.26. The number of rotatable bonds is 5. The van der Waals surface area contributed by atoms with Crippen LogP contribution in [0.1, 0.15) is 47.7 Å². The van der Waals surface area contributed by atoms with Crippen LogP contribution in [0.15, 0.2) is 36.7 Å². The minimum atomic E-state index is -1.06. The first-order chi connectivity index (χ1) is 13.0. The van der Waals surface area contributed by atoms with E-state index in [1.807, 2.05) is 28.8 Å². The lowest BCUT2D eigenvalue weighted by Gasteiger charge is -2.24. The van der Waals surface area contributed by atoms with E-state index in [0.29, 0.717) is 5.69 Å². The molecule has 1 aliphatic heterocycles. The molecule has 3 heterocycles. The zero-order valence-electron chi connectivity index (χ0n) is 15.1. The van der Waals surface area contributed by atoms with Crippen molar-refractivity contribution in [2.24, 2.45) is 0 Å². The molecular weight excluding hydrogens is 344 g/mol. The van der Waals surface area contributed by atoms with Crippen LogP contribution in [0.25, 0.3) is 10.9 Å². The first kappa shape index (κ1) is 17.3. The molecule has 0 saturated heterocycles. The van der Waals surface area contributed by atoms with Crippen LogP contribution in [0.5, 0.6) is 0 Å². The lowest BCUT2D eigenvalue weighted by Crippen LogP contribution is -2.43. The van der Waals surface area contributed by atoms with Crippen molar-refractivity contribution in [3.8, 4) is 0 Å². The Labute approximate surface area is 156 Å². The molecule has 2 aromatic heterocycles. The standard InChI is InChI=1S/C20H22N4O3/c1-12-5-4-8-18-22-11-17(24(12)18)19(25)23-16(20(26)27)9-13-10-21-15-7-3-2-6-14(13)15/h2-3,6-7,10-12,16,21H,4-5,8-9H2,1H3,(H,23,25)(H,26,27). The summed E-state index contributed by atoms with van der Waals surface area (Å²) in [7, 11) is 0. The van der Waals surface area contributed by atoms with Crippen LogP contribution in [0.2, 0.25) is 0 Å². The largest absolute Gasteiger partial charge is 0.480 e. The fourth-order valence-corrected chi connectivity index (χ4v) is 3.88. The summed E-state index contributed by atoms with van der Waals surface area (Å²) >= 11 is 0. The maximum atomic E-state index is 12.8. The Morgan fingerprint density at radius 1 is 1.41 bits per heavy atom. The van der Waals surface area contributed by atoms with E-state index in [-0.39, 0.29) is 12.5 Å². The summed E-state index contributed by atoms with van der Waals surface area (Å²) < 4.78 is 1.93. The van der Waals surface area contributed by atoms with Gasteiger partial charge in [0.2, 0.25) is 0 Å². The summed E-state index contributed by atoms with van der Waals surface area (Å²) in [6.45, 7) is 2.06. The lowest BCUT2D eigenvalue weighted by molar-refractivity contribution is -0.139. The van der Waals surface area contributed by atoms with Crippen molar-refractivity contribution in [2.75, 3.05) is 0 Å². The Hall–Kier alpha value is -3.09. The topological polar surface area (TPSA) is 100 Å². The lowest BCUT2D eigenvalue weighted by atomic mass is 10.0. The molecule has 7 nitrogen and oxygen atoms in total. The van der Waals surface area contributed by atoms with Gasteiger partial charge >= 0.3 is 5.97 Å². The monoisotopic (exact) mass is 366 g/mol. The van der Waals surface area contributed by atoms with E-state index >= 15 is 0 Å². The Morgan fingerprint density at radius 2 is 2.22 bits per heavy atom. The van der Waals surface area contributed by atoms with Gasteiger partial charge in [-0.1, -0.05) is 18.2 Å². The second kappa shape index (κ2) is 6.90. The number of nitrogens with one attached hydrogen (secondary N) is 2. The molecule has 2 atom stereocenters. The zero-order chi connectivity index (χ0) is 19.0. The first-order valence-corrected chi connectivity index (χ1v) is 9.19. The van der Waals surface area contributed by atoms with E-state index < -0.39 is 17.9 Å². The third-order valence-corrected chi connectivity index (χ3v) is 5.27. The number of carboxylic acids is 1. The number of carboxylic acid groups (broad SMARTS) is 1. The molecule has 0 bridgehead atoms. The molecule has 27 heavy (non-hydrogen) atoms. The van der Waals surface area contributed by atoms with Crippen molar-refractivity contribution >= 4 is 22.8 Å². The Kier molecular flexibility index (Phi) is 4.43. The first-order valence-electron chi connectivity index (χ1n) is 9.19. The molecule has 0 fully saturated rings. The van der Waals surface area contributed by atoms with Gasteiger partial charge in [-0.3, -0.25) is 4.79 Å². The molecule has 1 aromatic carbocycles. The number of para-hydroxylation sites is 1. The third kappa shape index (κ3) is 3.20. The molecule has 1 aliphatic rings. The van der Waals surface area contributed by atoms with Gasteiger partial charge in [-0.2, -0.15) is 0 Å². The quantitative estimate of drug-likeness (QED) is 0.646. The second-order valence-corrected chi connectivity index (χ2v) is 7.10. The molecule has 3 N–H and O–H groups in total. The van der Waals surface area contributed by atoms with Gasteiger partial charge in [0, 0.05) is 36.0 Å². The molecule has 0 aliphatic carbocycles. The minimum absolute atomic E-state index is 0.189. The zero-order valence-corrected chi connectivity index (χ0v) is 15.1. The predicted octanol–water partition coefficient (Wildman–Crippen LogP) is 2.69. The highest BCUT2D eigenvalue weighted by Crippen LogP contribution is 2.26. The van der Waals surface area contributed by atoms with E-state index in [1.54, 1.807) is 12.4 Å². The molecule has 140 valence electrons. The summed E-state index contributed by atoms with van der Waals surface area (Å²) in [6, 6.07) is 6.89. The second-order valence-electron chi connectivity index (χ2n) is 7.10. The van der Waals surface area contributed by atoms with Gasteiger partial charge in [-0.05, 0) is 31.4 Å². The maximum absolute atomic E-state index is 12.8. The Balaban J connectivity index is 1.56. The number of imidazole rings is 1. The summed E-state index contributed by atoms with van der Waals surface area (Å²) in [6.07, 6.45) is 6.45. The summed E-state index contributed by atoms with van der Waals surface area (Å²) in [5, 5.41) is 13.3. The van der Waals surface area contributed by atoms with Crippen molar-refractivity contribution in [3.05, 3.63) is 53.7 Å². The predicted molar refractivity (Wildman–Crippen MR) is 101 cm³/mol. The van der Waals surface area contributed by atoms with E-state index in [2.05, 4.69) is 22.2 Å². The average molecular weight is 366 g/mol. The smallest absolute Gasteiger partial charge is 0.326 e. The minimum Gasteiger partial charge on any atom is -0.480 e. The number of aromatic amines is 1. The van der Waals surface area contributed by atoms with Crippen molar-refractivity contribution in [3.63, 3.8) is 0 Å². The van der Waals surface area contributed by atoms with E-state index in [0.717, 1.165) is 41.6 Å². The number of aliphatic carboxylic acids is 1. The number of amides is 1. The van der Waals surface area contributed by atoms with Crippen LogP contribution in [-0.2, 0) is 17.6 Å². The Bertz CT molecular complexity index is 1000. The van der Waals surface area contributed by atoms with Gasteiger partial charge in [0.15, 0.2) is 0 Å².